The molecular weight excluding hydrogens is 328 g/mol. The molecule has 1 N–H and O–H groups in total. The Labute approximate surface area is 149 Å². The molecule has 4 rings (SSSR count). The van der Waals surface area contributed by atoms with E-state index in [1.807, 2.05) is 47.2 Å². The molecule has 0 aliphatic carbocycles. The van der Waals surface area contributed by atoms with Crippen LogP contribution >= 0.6 is 0 Å². The highest BCUT2D eigenvalue weighted by Crippen LogP contribution is 2.29. The van der Waals surface area contributed by atoms with Gasteiger partial charge >= 0.3 is 5.82 Å². The standard InChI is InChI=1S/C20H16N4O2/c1-14-8-10-15(11-9-14)21-17-4-2-5-18-16(17)12-13-23(18)19-6-3-7-20(22-19)24(25)26/h2-13,21H,1H3. The Kier molecular flexibility index (Phi) is 3.85. The second-order valence-corrected chi connectivity index (χ2v) is 6.03. The highest BCUT2D eigenvalue weighted by Gasteiger charge is 2.14. The summed E-state index contributed by atoms with van der Waals surface area (Å²) in [5, 5.41) is 15.4. The second kappa shape index (κ2) is 6.33. The van der Waals surface area contributed by atoms with Gasteiger partial charge in [-0.25, -0.2) is 0 Å². The number of nitrogens with zero attached hydrogens (tertiary/aromatic N) is 3. The van der Waals surface area contributed by atoms with Gasteiger partial charge in [-0.1, -0.05) is 23.8 Å². The summed E-state index contributed by atoms with van der Waals surface area (Å²) in [7, 11) is 0. The summed E-state index contributed by atoms with van der Waals surface area (Å²) < 4.78 is 1.85. The molecule has 0 saturated carbocycles. The zero-order chi connectivity index (χ0) is 18.1. The predicted octanol–water partition coefficient (Wildman–Crippen LogP) is 4.99. The lowest BCUT2D eigenvalue weighted by molar-refractivity contribution is -0.389. The summed E-state index contributed by atoms with van der Waals surface area (Å²) in [5.41, 5.74) is 4.10. The number of pyridine rings is 1. The van der Waals surface area contributed by atoms with E-state index in [1.54, 1.807) is 12.1 Å². The number of nitrogens with one attached hydrogen (secondary N) is 1. The zero-order valence-corrected chi connectivity index (χ0v) is 14.1. The Morgan fingerprint density at radius 1 is 1.00 bits per heavy atom. The van der Waals surface area contributed by atoms with Gasteiger partial charge in [-0.2, -0.15) is 0 Å². The monoisotopic (exact) mass is 344 g/mol. The first-order valence-corrected chi connectivity index (χ1v) is 8.17. The summed E-state index contributed by atoms with van der Waals surface area (Å²) in [6.07, 6.45) is 1.87. The number of nitro groups is 1. The fraction of sp³-hybridized carbons (Fsp3) is 0.0500. The number of anilines is 2. The quantitative estimate of drug-likeness (QED) is 0.418. The van der Waals surface area contributed by atoms with E-state index in [1.165, 1.54) is 11.6 Å². The summed E-state index contributed by atoms with van der Waals surface area (Å²) in [4.78, 5) is 14.6. The first-order chi connectivity index (χ1) is 12.6. The summed E-state index contributed by atoms with van der Waals surface area (Å²) in [5.74, 6) is 0.347. The number of hydrogen-bond donors (Lipinski definition) is 1. The lowest BCUT2D eigenvalue weighted by Gasteiger charge is -2.09. The van der Waals surface area contributed by atoms with E-state index in [-0.39, 0.29) is 5.82 Å². The highest BCUT2D eigenvalue weighted by atomic mass is 16.6. The van der Waals surface area contributed by atoms with Crippen molar-refractivity contribution < 1.29 is 4.92 Å². The second-order valence-electron chi connectivity index (χ2n) is 6.03. The SMILES string of the molecule is Cc1ccc(Nc2cccc3c2ccn3-c2cccc([N+](=O)[O-])n2)cc1. The lowest BCUT2D eigenvalue weighted by atomic mass is 10.2. The molecule has 0 radical (unpaired) electrons. The van der Waals surface area contributed by atoms with Crippen LogP contribution in [0.5, 0.6) is 0 Å². The lowest BCUT2D eigenvalue weighted by Crippen LogP contribution is -1.99. The molecule has 0 atom stereocenters. The number of aryl methyl sites for hydroxylation is 1. The molecule has 0 spiro atoms. The summed E-state index contributed by atoms with van der Waals surface area (Å²) >= 11 is 0. The molecule has 6 nitrogen and oxygen atoms in total. The third kappa shape index (κ3) is 2.88. The van der Waals surface area contributed by atoms with Crippen molar-refractivity contribution in [2.75, 3.05) is 5.32 Å². The summed E-state index contributed by atoms with van der Waals surface area (Å²) in [6, 6.07) is 20.9. The van der Waals surface area contributed by atoms with Crippen molar-refractivity contribution in [1.29, 1.82) is 0 Å². The van der Waals surface area contributed by atoms with Crippen LogP contribution in [0.4, 0.5) is 17.2 Å². The van der Waals surface area contributed by atoms with Gasteiger partial charge in [0.15, 0.2) is 0 Å². The smallest absolute Gasteiger partial charge is 0.358 e. The Morgan fingerprint density at radius 3 is 2.54 bits per heavy atom. The molecule has 128 valence electrons. The number of rotatable bonds is 4. The van der Waals surface area contributed by atoms with E-state index < -0.39 is 4.92 Å². The molecule has 2 aromatic heterocycles. The van der Waals surface area contributed by atoms with Crippen molar-refractivity contribution >= 4 is 28.1 Å². The molecule has 4 aromatic rings. The molecule has 2 aromatic carbocycles. The Morgan fingerprint density at radius 2 is 1.77 bits per heavy atom. The van der Waals surface area contributed by atoms with Gasteiger partial charge in [0.25, 0.3) is 5.82 Å². The average Bonchev–Trinajstić information content (AvgIpc) is 3.09. The van der Waals surface area contributed by atoms with Crippen molar-refractivity contribution in [3.8, 4) is 5.82 Å². The summed E-state index contributed by atoms with van der Waals surface area (Å²) in [6.45, 7) is 2.05. The molecule has 0 amide bonds. The van der Waals surface area contributed by atoms with Crippen LogP contribution < -0.4 is 5.32 Å². The average molecular weight is 344 g/mol. The van der Waals surface area contributed by atoms with Gasteiger partial charge in [-0.05, 0) is 53.2 Å². The van der Waals surface area contributed by atoms with Crippen molar-refractivity contribution in [3.63, 3.8) is 0 Å². The van der Waals surface area contributed by atoms with Gasteiger partial charge in [0.05, 0.1) is 5.52 Å². The Balaban J connectivity index is 1.76. The van der Waals surface area contributed by atoms with Crippen molar-refractivity contribution in [1.82, 2.24) is 9.55 Å². The Bertz CT molecular complexity index is 1100. The van der Waals surface area contributed by atoms with Gasteiger partial charge in [0.2, 0.25) is 0 Å². The molecule has 6 heteroatoms. The van der Waals surface area contributed by atoms with Crippen molar-refractivity contribution in [2.45, 2.75) is 6.92 Å². The van der Waals surface area contributed by atoms with E-state index in [0.717, 1.165) is 22.3 Å². The van der Waals surface area contributed by atoms with Crippen molar-refractivity contribution in [3.05, 3.63) is 88.6 Å². The van der Waals surface area contributed by atoms with Gasteiger partial charge in [0.1, 0.15) is 0 Å². The molecule has 26 heavy (non-hydrogen) atoms. The first kappa shape index (κ1) is 15.8. The molecule has 0 aliphatic rings. The predicted molar refractivity (Wildman–Crippen MR) is 102 cm³/mol. The van der Waals surface area contributed by atoms with Crippen LogP contribution in [0.15, 0.2) is 72.9 Å². The van der Waals surface area contributed by atoms with E-state index in [9.17, 15) is 10.1 Å². The number of hydrogen-bond acceptors (Lipinski definition) is 4. The molecular formula is C20H16N4O2. The van der Waals surface area contributed by atoms with E-state index in [4.69, 9.17) is 0 Å². The van der Waals surface area contributed by atoms with Gasteiger partial charge in [-0.3, -0.25) is 4.57 Å². The first-order valence-electron chi connectivity index (χ1n) is 8.17. The van der Waals surface area contributed by atoms with E-state index in [2.05, 4.69) is 29.4 Å². The third-order valence-electron chi connectivity index (χ3n) is 4.22. The molecule has 0 saturated heterocycles. The molecule has 2 heterocycles. The minimum absolute atomic E-state index is 0.168. The minimum atomic E-state index is -0.487. The number of fused-ring (bicyclic) bond motifs is 1. The maximum absolute atomic E-state index is 11.0. The third-order valence-corrected chi connectivity index (χ3v) is 4.22. The van der Waals surface area contributed by atoms with Crippen LogP contribution in [0.2, 0.25) is 0 Å². The molecule has 0 unspecified atom stereocenters. The van der Waals surface area contributed by atoms with Gasteiger partial charge < -0.3 is 15.4 Å². The Hall–Kier alpha value is -3.67. The van der Waals surface area contributed by atoms with E-state index in [0.29, 0.717) is 5.82 Å². The normalized spacial score (nSPS) is 10.8. The van der Waals surface area contributed by atoms with Crippen LogP contribution in [-0.2, 0) is 0 Å². The fourth-order valence-electron chi connectivity index (χ4n) is 2.92. The van der Waals surface area contributed by atoms with E-state index >= 15 is 0 Å². The van der Waals surface area contributed by atoms with Crippen LogP contribution in [0.3, 0.4) is 0 Å². The van der Waals surface area contributed by atoms with Crippen LogP contribution in [0.1, 0.15) is 5.56 Å². The van der Waals surface area contributed by atoms with Crippen LogP contribution in [0.25, 0.3) is 16.7 Å². The molecule has 0 aliphatic heterocycles. The minimum Gasteiger partial charge on any atom is -0.358 e. The van der Waals surface area contributed by atoms with Crippen molar-refractivity contribution in [2.24, 2.45) is 0 Å². The highest BCUT2D eigenvalue weighted by molar-refractivity contribution is 5.95. The maximum Gasteiger partial charge on any atom is 0.365 e. The van der Waals surface area contributed by atoms with Gasteiger partial charge in [0, 0.05) is 35.1 Å². The zero-order valence-electron chi connectivity index (χ0n) is 14.1. The van der Waals surface area contributed by atoms with Crippen LogP contribution in [-0.4, -0.2) is 14.5 Å². The molecule has 0 fully saturated rings. The van der Waals surface area contributed by atoms with Gasteiger partial charge in [-0.15, -0.1) is 0 Å². The molecule has 0 bridgehead atoms. The maximum atomic E-state index is 11.0. The van der Waals surface area contributed by atoms with Crippen LogP contribution in [0, 0.1) is 17.0 Å². The number of benzene rings is 2. The largest absolute Gasteiger partial charge is 0.365 e. The topological polar surface area (TPSA) is 73.0 Å². The fourth-order valence-corrected chi connectivity index (χ4v) is 2.92. The number of aromatic nitrogens is 2.